The summed E-state index contributed by atoms with van der Waals surface area (Å²) in [7, 11) is 0. The Morgan fingerprint density at radius 1 is 1.11 bits per heavy atom. The number of nitrogens with one attached hydrogen (secondary N) is 1. The highest BCUT2D eigenvalue weighted by molar-refractivity contribution is 5.87. The Bertz CT molecular complexity index is 472. The molecule has 1 aliphatic carbocycles. The molecule has 0 bridgehead atoms. The molecule has 5 heteroatoms. The van der Waals surface area contributed by atoms with Crippen molar-refractivity contribution in [2.75, 3.05) is 0 Å². The lowest BCUT2D eigenvalue weighted by molar-refractivity contribution is -0.137. The van der Waals surface area contributed by atoms with E-state index in [0.717, 1.165) is 25.0 Å². The third-order valence-corrected chi connectivity index (χ3v) is 3.41. The molecule has 2 rings (SSSR count). The summed E-state index contributed by atoms with van der Waals surface area (Å²) in [6.07, 6.45) is -2.39. The zero-order valence-corrected chi connectivity index (χ0v) is 10.8. The highest BCUT2D eigenvalue weighted by atomic mass is 19.4. The third kappa shape index (κ3) is 3.08. The Hall–Kier alpha value is -1.52. The fourth-order valence-electron chi connectivity index (χ4n) is 1.80. The van der Waals surface area contributed by atoms with Gasteiger partial charge in [-0.2, -0.15) is 13.2 Å². The number of halogens is 3. The minimum atomic E-state index is -4.35. The molecule has 1 aromatic carbocycles. The second kappa shape index (κ2) is 4.54. The number of hydrogen-bond donors (Lipinski definition) is 1. The summed E-state index contributed by atoms with van der Waals surface area (Å²) >= 11 is 0. The fourth-order valence-corrected chi connectivity index (χ4v) is 1.80. The number of hydrogen-bond acceptors (Lipinski definition) is 1. The molecule has 0 spiro atoms. The van der Waals surface area contributed by atoms with E-state index >= 15 is 0 Å². The second-order valence-electron chi connectivity index (χ2n) is 5.45. The fraction of sp³-hybridized carbons (Fsp3) is 0.500. The van der Waals surface area contributed by atoms with Gasteiger partial charge in [0.05, 0.1) is 11.0 Å². The second-order valence-corrected chi connectivity index (χ2v) is 5.45. The zero-order chi connectivity index (χ0) is 14.3. The van der Waals surface area contributed by atoms with E-state index in [9.17, 15) is 18.0 Å². The lowest BCUT2D eigenvalue weighted by Crippen LogP contribution is -2.41. The third-order valence-electron chi connectivity index (χ3n) is 3.41. The van der Waals surface area contributed by atoms with E-state index in [4.69, 9.17) is 0 Å². The minimum Gasteiger partial charge on any atom is -0.353 e. The molecule has 0 aliphatic heterocycles. The molecule has 0 radical (unpaired) electrons. The van der Waals surface area contributed by atoms with Gasteiger partial charge in [-0.1, -0.05) is 12.1 Å². The Balaban J connectivity index is 2.17. The summed E-state index contributed by atoms with van der Waals surface area (Å²) in [4.78, 5) is 12.1. The first-order valence-corrected chi connectivity index (χ1v) is 6.20. The Morgan fingerprint density at radius 3 is 2.00 bits per heavy atom. The van der Waals surface area contributed by atoms with Gasteiger partial charge in [-0.15, -0.1) is 0 Å². The van der Waals surface area contributed by atoms with Crippen LogP contribution in [0.15, 0.2) is 24.3 Å². The maximum Gasteiger partial charge on any atom is 0.416 e. The molecule has 0 saturated heterocycles. The Labute approximate surface area is 110 Å². The summed E-state index contributed by atoms with van der Waals surface area (Å²) in [5.41, 5.74) is -0.944. The van der Waals surface area contributed by atoms with Gasteiger partial charge in [0.1, 0.15) is 0 Å². The van der Waals surface area contributed by atoms with Crippen molar-refractivity contribution in [3.05, 3.63) is 35.4 Å². The van der Waals surface area contributed by atoms with Gasteiger partial charge in [0, 0.05) is 6.04 Å². The summed E-state index contributed by atoms with van der Waals surface area (Å²) < 4.78 is 37.4. The van der Waals surface area contributed by atoms with Crippen molar-refractivity contribution in [2.45, 2.75) is 44.3 Å². The number of carbonyl (C=O) groups is 1. The molecule has 1 N–H and O–H groups in total. The van der Waals surface area contributed by atoms with Crippen molar-refractivity contribution in [3.63, 3.8) is 0 Å². The van der Waals surface area contributed by atoms with E-state index in [0.29, 0.717) is 5.56 Å². The lowest BCUT2D eigenvalue weighted by atomic mass is 9.83. The molecule has 1 aliphatic rings. The number of alkyl halides is 3. The van der Waals surface area contributed by atoms with E-state index in [-0.39, 0.29) is 11.9 Å². The van der Waals surface area contributed by atoms with Crippen LogP contribution < -0.4 is 5.32 Å². The van der Waals surface area contributed by atoms with Gasteiger partial charge in [0.2, 0.25) is 5.91 Å². The molecule has 0 aromatic heterocycles. The molecule has 1 fully saturated rings. The van der Waals surface area contributed by atoms with Crippen LogP contribution in [0, 0.1) is 0 Å². The van der Waals surface area contributed by atoms with Crippen LogP contribution in [0.25, 0.3) is 0 Å². The highest BCUT2D eigenvalue weighted by Gasteiger charge is 2.35. The molecule has 1 saturated carbocycles. The molecule has 2 nitrogen and oxygen atoms in total. The van der Waals surface area contributed by atoms with E-state index < -0.39 is 17.2 Å². The summed E-state index contributed by atoms with van der Waals surface area (Å²) in [6.45, 7) is 3.43. The SMILES string of the molecule is CC(C)(C(=O)NC1CC1)c1ccc(C(F)(F)F)cc1. The largest absolute Gasteiger partial charge is 0.416 e. The number of benzene rings is 1. The van der Waals surface area contributed by atoms with Gasteiger partial charge in [0.25, 0.3) is 0 Å². The molecule has 19 heavy (non-hydrogen) atoms. The van der Waals surface area contributed by atoms with Crippen molar-refractivity contribution in [3.8, 4) is 0 Å². The quantitative estimate of drug-likeness (QED) is 0.898. The molecule has 1 amide bonds. The van der Waals surface area contributed by atoms with Gasteiger partial charge < -0.3 is 5.32 Å². The lowest BCUT2D eigenvalue weighted by Gasteiger charge is -2.24. The van der Waals surface area contributed by atoms with Crippen LogP contribution >= 0.6 is 0 Å². The maximum atomic E-state index is 12.5. The van der Waals surface area contributed by atoms with Gasteiger partial charge in [-0.25, -0.2) is 0 Å². The molecule has 1 aromatic rings. The first-order valence-electron chi connectivity index (χ1n) is 6.20. The monoisotopic (exact) mass is 271 g/mol. The zero-order valence-electron chi connectivity index (χ0n) is 10.8. The van der Waals surface area contributed by atoms with Crippen molar-refractivity contribution >= 4 is 5.91 Å². The standard InChI is InChI=1S/C14H16F3NO/c1-13(2,12(19)18-11-7-8-11)9-3-5-10(6-4-9)14(15,16)17/h3-6,11H,7-8H2,1-2H3,(H,18,19). The average molecular weight is 271 g/mol. The maximum absolute atomic E-state index is 12.5. The van der Waals surface area contributed by atoms with Crippen LogP contribution in [0.2, 0.25) is 0 Å². The van der Waals surface area contributed by atoms with Crippen LogP contribution in [0.3, 0.4) is 0 Å². The van der Waals surface area contributed by atoms with Crippen LogP contribution in [-0.2, 0) is 16.4 Å². The summed E-state index contributed by atoms with van der Waals surface area (Å²) in [5.74, 6) is -0.144. The van der Waals surface area contributed by atoms with Gasteiger partial charge in [0.15, 0.2) is 0 Å². The smallest absolute Gasteiger partial charge is 0.353 e. The van der Waals surface area contributed by atoms with E-state index in [2.05, 4.69) is 5.32 Å². The Morgan fingerprint density at radius 2 is 1.58 bits per heavy atom. The molecular weight excluding hydrogens is 255 g/mol. The predicted octanol–water partition coefficient (Wildman–Crippen LogP) is 3.26. The van der Waals surface area contributed by atoms with Gasteiger partial charge in [-0.3, -0.25) is 4.79 Å². The van der Waals surface area contributed by atoms with Crippen LogP contribution in [0.5, 0.6) is 0 Å². The number of rotatable bonds is 3. The summed E-state index contributed by atoms with van der Waals surface area (Å²) in [5, 5.41) is 2.88. The van der Waals surface area contributed by atoms with Crippen LogP contribution in [0.4, 0.5) is 13.2 Å². The van der Waals surface area contributed by atoms with Crippen LogP contribution in [-0.4, -0.2) is 11.9 Å². The topological polar surface area (TPSA) is 29.1 Å². The molecule has 0 unspecified atom stereocenters. The predicted molar refractivity (Wildman–Crippen MR) is 65.6 cm³/mol. The molecule has 104 valence electrons. The van der Waals surface area contributed by atoms with Crippen molar-refractivity contribution in [1.29, 1.82) is 0 Å². The highest BCUT2D eigenvalue weighted by Crippen LogP contribution is 2.32. The van der Waals surface area contributed by atoms with Gasteiger partial charge >= 0.3 is 6.18 Å². The van der Waals surface area contributed by atoms with E-state index in [1.807, 2.05) is 0 Å². The molecule has 0 atom stereocenters. The minimum absolute atomic E-state index is 0.144. The van der Waals surface area contributed by atoms with E-state index in [1.54, 1.807) is 13.8 Å². The number of carbonyl (C=O) groups excluding carboxylic acids is 1. The van der Waals surface area contributed by atoms with Crippen molar-refractivity contribution in [2.24, 2.45) is 0 Å². The van der Waals surface area contributed by atoms with Crippen molar-refractivity contribution in [1.82, 2.24) is 5.32 Å². The average Bonchev–Trinajstić information content (AvgIpc) is 3.12. The van der Waals surface area contributed by atoms with Gasteiger partial charge in [-0.05, 0) is 44.4 Å². The molecule has 0 heterocycles. The number of amides is 1. The first-order chi connectivity index (χ1) is 8.71. The van der Waals surface area contributed by atoms with Crippen LogP contribution in [0.1, 0.15) is 37.8 Å². The molecular formula is C14H16F3NO. The van der Waals surface area contributed by atoms with E-state index in [1.165, 1.54) is 12.1 Å². The first kappa shape index (κ1) is 13.9. The normalized spacial score (nSPS) is 16.3. The Kier molecular flexibility index (Phi) is 3.32. The summed E-state index contributed by atoms with van der Waals surface area (Å²) in [6, 6.07) is 5.01. The van der Waals surface area contributed by atoms with Crippen molar-refractivity contribution < 1.29 is 18.0 Å².